The van der Waals surface area contributed by atoms with Crippen molar-refractivity contribution in [3.8, 4) is 0 Å². The lowest BCUT2D eigenvalue weighted by molar-refractivity contribution is -0.123. The minimum absolute atomic E-state index is 0.0396. The summed E-state index contributed by atoms with van der Waals surface area (Å²) in [7, 11) is 0. The number of halogens is 1. The SMILES string of the molecule is C=C.C=C(C)C1CCC(C)C(C(=C)COF)C1. The zero-order valence-electron chi connectivity index (χ0n) is 11.2. The van der Waals surface area contributed by atoms with Gasteiger partial charge in [-0.1, -0.05) is 25.7 Å². The summed E-state index contributed by atoms with van der Waals surface area (Å²) in [6, 6.07) is 0. The fourth-order valence-corrected chi connectivity index (χ4v) is 2.52. The largest absolute Gasteiger partial charge is 0.190 e. The van der Waals surface area contributed by atoms with E-state index in [1.165, 1.54) is 18.4 Å². The number of hydrogen-bond donors (Lipinski definition) is 0. The van der Waals surface area contributed by atoms with Gasteiger partial charge in [-0.05, 0) is 54.0 Å². The molecule has 2 heteroatoms. The second kappa shape index (κ2) is 8.24. The normalized spacial score (nSPS) is 27.8. The average Bonchev–Trinajstić information content (AvgIpc) is 2.32. The van der Waals surface area contributed by atoms with Gasteiger partial charge in [-0.3, -0.25) is 0 Å². The Bertz CT molecular complexity index is 260. The molecule has 0 saturated heterocycles. The van der Waals surface area contributed by atoms with E-state index in [4.69, 9.17) is 0 Å². The van der Waals surface area contributed by atoms with E-state index in [0.717, 1.165) is 12.0 Å². The van der Waals surface area contributed by atoms with Crippen LogP contribution in [0.3, 0.4) is 0 Å². The molecule has 0 bridgehead atoms. The van der Waals surface area contributed by atoms with E-state index in [9.17, 15) is 4.53 Å². The average molecular weight is 240 g/mol. The number of hydrogen-bond acceptors (Lipinski definition) is 1. The van der Waals surface area contributed by atoms with Crippen molar-refractivity contribution in [3.05, 3.63) is 37.5 Å². The predicted molar refractivity (Wildman–Crippen MR) is 72.3 cm³/mol. The molecule has 1 fully saturated rings. The van der Waals surface area contributed by atoms with Gasteiger partial charge in [-0.2, -0.15) is 4.94 Å². The molecule has 0 N–H and O–H groups in total. The molecule has 1 aliphatic carbocycles. The Labute approximate surface area is 105 Å². The van der Waals surface area contributed by atoms with Gasteiger partial charge in [0.05, 0.1) is 0 Å². The lowest BCUT2D eigenvalue weighted by Crippen LogP contribution is -2.26. The summed E-state index contributed by atoms with van der Waals surface area (Å²) >= 11 is 0. The first-order valence-electron chi connectivity index (χ1n) is 6.12. The van der Waals surface area contributed by atoms with Crippen LogP contribution in [-0.2, 0) is 4.94 Å². The van der Waals surface area contributed by atoms with E-state index in [0.29, 0.717) is 17.8 Å². The molecule has 0 spiro atoms. The van der Waals surface area contributed by atoms with Crippen LogP contribution >= 0.6 is 0 Å². The van der Waals surface area contributed by atoms with Crippen molar-refractivity contribution in [2.24, 2.45) is 17.8 Å². The number of rotatable bonds is 4. The van der Waals surface area contributed by atoms with E-state index >= 15 is 0 Å². The van der Waals surface area contributed by atoms with Crippen LogP contribution in [0.4, 0.5) is 4.53 Å². The summed E-state index contributed by atoms with van der Waals surface area (Å²) in [6.45, 7) is 18.3. The van der Waals surface area contributed by atoms with Crippen molar-refractivity contribution in [1.82, 2.24) is 0 Å². The zero-order chi connectivity index (χ0) is 13.4. The molecule has 1 nitrogen and oxygen atoms in total. The summed E-state index contributed by atoms with van der Waals surface area (Å²) in [5.41, 5.74) is 2.12. The third-order valence-electron chi connectivity index (χ3n) is 3.66. The van der Waals surface area contributed by atoms with Crippen molar-refractivity contribution < 1.29 is 9.47 Å². The van der Waals surface area contributed by atoms with Gasteiger partial charge < -0.3 is 0 Å². The molecule has 3 atom stereocenters. The quantitative estimate of drug-likeness (QED) is 0.637. The highest BCUT2D eigenvalue weighted by Crippen LogP contribution is 2.39. The van der Waals surface area contributed by atoms with Gasteiger partial charge in [0, 0.05) is 0 Å². The van der Waals surface area contributed by atoms with Crippen molar-refractivity contribution in [2.45, 2.75) is 33.1 Å². The molecule has 0 aromatic rings. The molecule has 0 heterocycles. The second-order valence-electron chi connectivity index (χ2n) is 4.85. The van der Waals surface area contributed by atoms with Crippen LogP contribution in [0, 0.1) is 17.8 Å². The standard InChI is InChI=1S/C13H21FO.C2H4/c1-9(2)12-6-5-10(3)13(7-12)11(4)8-15-14;1-2/h10,12-13H,1,4-8H2,2-3H3;1-2H2. The molecule has 1 saturated carbocycles. The Morgan fingerprint density at radius 2 is 1.88 bits per heavy atom. The van der Waals surface area contributed by atoms with Crippen LogP contribution in [0.2, 0.25) is 0 Å². The molecular formula is C15H25FO. The van der Waals surface area contributed by atoms with Crippen molar-refractivity contribution in [3.63, 3.8) is 0 Å². The minimum atomic E-state index is 0.0396. The Kier molecular flexibility index (Phi) is 7.81. The Morgan fingerprint density at radius 1 is 1.29 bits per heavy atom. The molecule has 0 amide bonds. The summed E-state index contributed by atoms with van der Waals surface area (Å²) in [6.07, 6.45) is 3.43. The van der Waals surface area contributed by atoms with Gasteiger partial charge in [-0.15, -0.1) is 13.2 Å². The van der Waals surface area contributed by atoms with Gasteiger partial charge >= 0.3 is 0 Å². The van der Waals surface area contributed by atoms with Gasteiger partial charge in [0.15, 0.2) is 0 Å². The van der Waals surface area contributed by atoms with Crippen molar-refractivity contribution in [1.29, 1.82) is 0 Å². The molecule has 0 radical (unpaired) electrons. The summed E-state index contributed by atoms with van der Waals surface area (Å²) in [4.78, 5) is 3.68. The molecule has 0 aromatic carbocycles. The van der Waals surface area contributed by atoms with Gasteiger partial charge in [0.1, 0.15) is 6.61 Å². The van der Waals surface area contributed by atoms with E-state index in [-0.39, 0.29) is 6.61 Å². The predicted octanol–water partition coefficient (Wildman–Crippen LogP) is 4.87. The topological polar surface area (TPSA) is 9.23 Å². The monoisotopic (exact) mass is 240 g/mol. The first-order chi connectivity index (χ1) is 8.06. The Balaban J connectivity index is 0.00000121. The van der Waals surface area contributed by atoms with Crippen LogP contribution in [0.25, 0.3) is 0 Å². The molecule has 0 aliphatic heterocycles. The zero-order valence-corrected chi connectivity index (χ0v) is 11.2. The summed E-state index contributed by atoms with van der Waals surface area (Å²) < 4.78 is 11.8. The van der Waals surface area contributed by atoms with E-state index in [2.05, 4.69) is 45.1 Å². The van der Waals surface area contributed by atoms with Gasteiger partial charge in [0.25, 0.3) is 0 Å². The lowest BCUT2D eigenvalue weighted by atomic mass is 9.70. The van der Waals surface area contributed by atoms with Crippen LogP contribution in [-0.4, -0.2) is 6.61 Å². The third kappa shape index (κ3) is 4.86. The second-order valence-corrected chi connectivity index (χ2v) is 4.85. The molecule has 1 aliphatic rings. The van der Waals surface area contributed by atoms with Gasteiger partial charge in [-0.25, -0.2) is 0 Å². The minimum Gasteiger partial charge on any atom is -0.190 e. The number of allylic oxidation sites excluding steroid dienone is 1. The molecule has 1 rings (SSSR count). The maximum Gasteiger partial charge on any atom is 0.109 e. The highest BCUT2D eigenvalue weighted by Gasteiger charge is 2.29. The summed E-state index contributed by atoms with van der Waals surface area (Å²) in [5, 5.41) is 0. The van der Waals surface area contributed by atoms with Crippen LogP contribution in [0.5, 0.6) is 0 Å². The van der Waals surface area contributed by atoms with E-state index < -0.39 is 0 Å². The first-order valence-corrected chi connectivity index (χ1v) is 6.12. The molecule has 98 valence electrons. The maximum absolute atomic E-state index is 11.8. The fraction of sp³-hybridized carbons (Fsp3) is 0.600. The van der Waals surface area contributed by atoms with Crippen molar-refractivity contribution in [2.75, 3.05) is 6.61 Å². The smallest absolute Gasteiger partial charge is 0.109 e. The molecule has 0 aromatic heterocycles. The van der Waals surface area contributed by atoms with Crippen LogP contribution < -0.4 is 0 Å². The van der Waals surface area contributed by atoms with Crippen LogP contribution in [0.15, 0.2) is 37.5 Å². The van der Waals surface area contributed by atoms with Gasteiger partial charge in [0.2, 0.25) is 0 Å². The summed E-state index contributed by atoms with van der Waals surface area (Å²) in [5.74, 6) is 1.54. The van der Waals surface area contributed by atoms with Crippen molar-refractivity contribution >= 4 is 0 Å². The van der Waals surface area contributed by atoms with Crippen LogP contribution in [0.1, 0.15) is 33.1 Å². The van der Waals surface area contributed by atoms with E-state index in [1.807, 2.05) is 0 Å². The maximum atomic E-state index is 11.8. The molecule has 3 unspecified atom stereocenters. The highest BCUT2D eigenvalue weighted by molar-refractivity contribution is 5.09. The fourth-order valence-electron chi connectivity index (χ4n) is 2.52. The highest BCUT2D eigenvalue weighted by atomic mass is 19.3. The lowest BCUT2D eigenvalue weighted by Gasteiger charge is -2.35. The molecule has 17 heavy (non-hydrogen) atoms. The Hall–Kier alpha value is -0.890. The third-order valence-corrected chi connectivity index (χ3v) is 3.66. The Morgan fingerprint density at radius 3 is 2.35 bits per heavy atom. The molecular weight excluding hydrogens is 215 g/mol. The first kappa shape index (κ1) is 16.1. The van der Waals surface area contributed by atoms with E-state index in [1.54, 1.807) is 0 Å².